The quantitative estimate of drug-likeness (QED) is 0.925. The number of carboxylic acids is 1. The summed E-state index contributed by atoms with van der Waals surface area (Å²) in [6.45, 7) is 1.56. The number of hydrogen-bond acceptors (Lipinski definition) is 4. The van der Waals surface area contributed by atoms with E-state index in [1.165, 1.54) is 7.11 Å². The molecule has 1 N–H and O–H groups in total. The molecule has 6 heteroatoms. The van der Waals surface area contributed by atoms with Gasteiger partial charge in [0.1, 0.15) is 5.75 Å². The van der Waals surface area contributed by atoms with Crippen LogP contribution in [0.3, 0.4) is 0 Å². The van der Waals surface area contributed by atoms with Crippen LogP contribution in [-0.2, 0) is 0 Å². The van der Waals surface area contributed by atoms with E-state index >= 15 is 0 Å². The van der Waals surface area contributed by atoms with Gasteiger partial charge in [-0.15, -0.1) is 0 Å². The van der Waals surface area contributed by atoms with Crippen LogP contribution in [-0.4, -0.2) is 23.2 Å². The SMILES string of the molecule is COc1ccc(-c2nc(C)c(C(=O)O)o2)c(Cl)c1. The maximum absolute atomic E-state index is 10.9. The largest absolute Gasteiger partial charge is 0.497 e. The number of hydrogen-bond donors (Lipinski definition) is 1. The van der Waals surface area contributed by atoms with Crippen molar-refractivity contribution in [1.82, 2.24) is 4.98 Å². The third-order valence-electron chi connectivity index (χ3n) is 2.40. The molecule has 0 fully saturated rings. The zero-order valence-electron chi connectivity index (χ0n) is 9.73. The van der Waals surface area contributed by atoms with Crippen LogP contribution in [0.1, 0.15) is 16.2 Å². The number of methoxy groups -OCH3 is 1. The number of oxazole rings is 1. The topological polar surface area (TPSA) is 72.6 Å². The summed E-state index contributed by atoms with van der Waals surface area (Å²) in [6, 6.07) is 4.97. The van der Waals surface area contributed by atoms with Gasteiger partial charge in [-0.25, -0.2) is 9.78 Å². The van der Waals surface area contributed by atoms with E-state index in [1.54, 1.807) is 25.1 Å². The molecule has 18 heavy (non-hydrogen) atoms. The molecule has 5 nitrogen and oxygen atoms in total. The molecule has 0 saturated carbocycles. The smallest absolute Gasteiger partial charge is 0.373 e. The minimum atomic E-state index is -1.16. The van der Waals surface area contributed by atoms with E-state index in [0.29, 0.717) is 22.0 Å². The highest BCUT2D eigenvalue weighted by molar-refractivity contribution is 6.33. The molecule has 1 heterocycles. The minimum absolute atomic E-state index is 0.178. The number of aryl methyl sites for hydroxylation is 1. The predicted octanol–water partition coefficient (Wildman–Crippen LogP) is 3.01. The molecule has 1 aromatic heterocycles. The predicted molar refractivity (Wildman–Crippen MR) is 65.2 cm³/mol. The molecule has 0 aliphatic carbocycles. The number of halogens is 1. The Morgan fingerprint density at radius 1 is 1.50 bits per heavy atom. The zero-order chi connectivity index (χ0) is 13.3. The molecule has 2 aromatic rings. The Kier molecular flexibility index (Phi) is 3.25. The number of nitrogens with zero attached hydrogens (tertiary/aromatic N) is 1. The first-order chi connectivity index (χ1) is 8.52. The second-order valence-electron chi connectivity index (χ2n) is 3.58. The Hall–Kier alpha value is -2.01. The van der Waals surface area contributed by atoms with Crippen molar-refractivity contribution < 1.29 is 19.1 Å². The van der Waals surface area contributed by atoms with Crippen LogP contribution >= 0.6 is 11.6 Å². The van der Waals surface area contributed by atoms with Crippen LogP contribution in [0.5, 0.6) is 5.75 Å². The first-order valence-corrected chi connectivity index (χ1v) is 5.45. The van der Waals surface area contributed by atoms with Gasteiger partial charge in [0.15, 0.2) is 0 Å². The summed E-state index contributed by atoms with van der Waals surface area (Å²) in [5.41, 5.74) is 0.831. The molecule has 0 atom stereocenters. The molecule has 0 aliphatic rings. The van der Waals surface area contributed by atoms with Crippen molar-refractivity contribution in [2.24, 2.45) is 0 Å². The van der Waals surface area contributed by atoms with E-state index in [-0.39, 0.29) is 11.7 Å². The number of aromatic nitrogens is 1. The van der Waals surface area contributed by atoms with Crippen molar-refractivity contribution in [2.45, 2.75) is 6.92 Å². The lowest BCUT2D eigenvalue weighted by Gasteiger charge is -2.03. The van der Waals surface area contributed by atoms with Crippen LogP contribution in [0.15, 0.2) is 22.6 Å². The van der Waals surface area contributed by atoms with Crippen LogP contribution in [0.2, 0.25) is 5.02 Å². The van der Waals surface area contributed by atoms with E-state index in [0.717, 1.165) is 0 Å². The summed E-state index contributed by atoms with van der Waals surface area (Å²) >= 11 is 6.06. The van der Waals surface area contributed by atoms with Gasteiger partial charge in [0.25, 0.3) is 0 Å². The highest BCUT2D eigenvalue weighted by Gasteiger charge is 2.18. The zero-order valence-corrected chi connectivity index (χ0v) is 10.5. The highest BCUT2D eigenvalue weighted by atomic mass is 35.5. The van der Waals surface area contributed by atoms with E-state index in [4.69, 9.17) is 25.9 Å². The van der Waals surface area contributed by atoms with Crippen LogP contribution in [0, 0.1) is 6.92 Å². The van der Waals surface area contributed by atoms with Gasteiger partial charge in [0, 0.05) is 0 Å². The first-order valence-electron chi connectivity index (χ1n) is 5.07. The van der Waals surface area contributed by atoms with Crippen molar-refractivity contribution in [2.75, 3.05) is 7.11 Å². The Morgan fingerprint density at radius 3 is 2.72 bits per heavy atom. The average molecular weight is 268 g/mol. The van der Waals surface area contributed by atoms with Gasteiger partial charge in [0.2, 0.25) is 11.7 Å². The fourth-order valence-corrected chi connectivity index (χ4v) is 1.76. The van der Waals surface area contributed by atoms with Crippen molar-refractivity contribution in [1.29, 1.82) is 0 Å². The summed E-state index contributed by atoms with van der Waals surface area (Å²) in [5.74, 6) is -0.559. The Bertz CT molecular complexity index is 606. The molecule has 0 spiro atoms. The molecule has 0 amide bonds. The van der Waals surface area contributed by atoms with Gasteiger partial charge < -0.3 is 14.3 Å². The first kappa shape index (κ1) is 12.4. The lowest BCUT2D eigenvalue weighted by molar-refractivity contribution is 0.0662. The molecular formula is C12H10ClNO4. The van der Waals surface area contributed by atoms with Gasteiger partial charge >= 0.3 is 5.97 Å². The molecule has 0 unspecified atom stereocenters. The second-order valence-corrected chi connectivity index (χ2v) is 3.99. The minimum Gasteiger partial charge on any atom is -0.497 e. The lowest BCUT2D eigenvalue weighted by Crippen LogP contribution is -1.95. The average Bonchev–Trinajstić information content (AvgIpc) is 2.71. The van der Waals surface area contributed by atoms with Crippen LogP contribution in [0.25, 0.3) is 11.5 Å². The Labute approximate surface area is 108 Å². The second kappa shape index (κ2) is 4.70. The lowest BCUT2D eigenvalue weighted by atomic mass is 10.2. The highest BCUT2D eigenvalue weighted by Crippen LogP contribution is 2.31. The standard InChI is InChI=1S/C12H10ClNO4/c1-6-10(12(15)16)18-11(14-6)8-4-3-7(17-2)5-9(8)13/h3-5H,1-2H3,(H,15,16). The molecule has 0 bridgehead atoms. The van der Waals surface area contributed by atoms with Gasteiger partial charge in [-0.3, -0.25) is 0 Å². The van der Waals surface area contributed by atoms with Crippen molar-refractivity contribution in [3.63, 3.8) is 0 Å². The number of carbonyl (C=O) groups is 1. The van der Waals surface area contributed by atoms with Gasteiger partial charge in [-0.1, -0.05) is 11.6 Å². The van der Waals surface area contributed by atoms with Crippen molar-refractivity contribution >= 4 is 17.6 Å². The number of rotatable bonds is 3. The van der Waals surface area contributed by atoms with Gasteiger partial charge in [-0.05, 0) is 25.1 Å². The molecule has 94 valence electrons. The summed E-state index contributed by atoms with van der Waals surface area (Å²) in [5, 5.41) is 9.27. The van der Waals surface area contributed by atoms with E-state index in [2.05, 4.69) is 4.98 Å². The van der Waals surface area contributed by atoms with Crippen LogP contribution < -0.4 is 4.74 Å². The Balaban J connectivity index is 2.49. The van der Waals surface area contributed by atoms with E-state index in [9.17, 15) is 4.79 Å². The molecular weight excluding hydrogens is 258 g/mol. The third kappa shape index (κ3) is 2.17. The van der Waals surface area contributed by atoms with Crippen molar-refractivity contribution in [3.05, 3.63) is 34.7 Å². The van der Waals surface area contributed by atoms with E-state index in [1.807, 2.05) is 0 Å². The summed E-state index contributed by atoms with van der Waals surface area (Å²) in [4.78, 5) is 14.9. The number of aromatic carboxylic acids is 1. The monoisotopic (exact) mass is 267 g/mol. The summed E-state index contributed by atoms with van der Waals surface area (Å²) in [6.07, 6.45) is 0. The maximum Gasteiger partial charge on any atom is 0.373 e. The Morgan fingerprint density at radius 2 is 2.22 bits per heavy atom. The summed E-state index contributed by atoms with van der Waals surface area (Å²) in [7, 11) is 1.53. The maximum atomic E-state index is 10.9. The van der Waals surface area contributed by atoms with Crippen molar-refractivity contribution in [3.8, 4) is 17.2 Å². The summed E-state index contributed by atoms with van der Waals surface area (Å²) < 4.78 is 10.2. The molecule has 2 rings (SSSR count). The van der Waals surface area contributed by atoms with Crippen LogP contribution in [0.4, 0.5) is 0 Å². The fourth-order valence-electron chi connectivity index (χ4n) is 1.51. The number of carboxylic acid groups (broad SMARTS) is 1. The molecule has 1 aromatic carbocycles. The third-order valence-corrected chi connectivity index (χ3v) is 2.71. The molecule has 0 radical (unpaired) electrons. The fraction of sp³-hybridized carbons (Fsp3) is 0.167. The van der Waals surface area contributed by atoms with Gasteiger partial charge in [-0.2, -0.15) is 0 Å². The van der Waals surface area contributed by atoms with Gasteiger partial charge in [0.05, 0.1) is 23.4 Å². The van der Waals surface area contributed by atoms with E-state index < -0.39 is 5.97 Å². The molecule has 0 aliphatic heterocycles. The number of benzene rings is 1. The number of ether oxygens (including phenoxy) is 1. The normalized spacial score (nSPS) is 10.4. The molecule has 0 saturated heterocycles.